The molecule has 32 heavy (non-hydrogen) atoms. The molecule has 6 nitrogen and oxygen atoms in total. The molecule has 0 aliphatic carbocycles. The Morgan fingerprint density at radius 2 is 1.91 bits per heavy atom. The molecular formula is C23H22F3N5O. The van der Waals surface area contributed by atoms with Crippen LogP contribution >= 0.6 is 0 Å². The quantitative estimate of drug-likeness (QED) is 0.604. The summed E-state index contributed by atoms with van der Waals surface area (Å²) in [4.78, 5) is 13.1. The van der Waals surface area contributed by atoms with Crippen LogP contribution in [0.1, 0.15) is 5.69 Å². The Balaban J connectivity index is 1.52. The highest BCUT2D eigenvalue weighted by Gasteiger charge is 2.32. The van der Waals surface area contributed by atoms with E-state index >= 15 is 0 Å². The summed E-state index contributed by atoms with van der Waals surface area (Å²) in [6.45, 7) is 4.98. The van der Waals surface area contributed by atoms with E-state index in [4.69, 9.17) is 4.74 Å². The van der Waals surface area contributed by atoms with E-state index in [1.807, 2.05) is 29.8 Å². The van der Waals surface area contributed by atoms with Crippen molar-refractivity contribution in [2.24, 2.45) is 0 Å². The fourth-order valence-electron chi connectivity index (χ4n) is 4.07. The molecule has 0 aromatic carbocycles. The minimum Gasteiger partial charge on any atom is -0.378 e. The smallest absolute Gasteiger partial charge is 0.378 e. The maximum absolute atomic E-state index is 12.9. The van der Waals surface area contributed by atoms with E-state index in [2.05, 4.69) is 20.9 Å². The summed E-state index contributed by atoms with van der Waals surface area (Å²) < 4.78 is 46.3. The van der Waals surface area contributed by atoms with Crippen LogP contribution in [-0.2, 0) is 4.74 Å². The summed E-state index contributed by atoms with van der Waals surface area (Å²) in [5, 5.41) is 0. The van der Waals surface area contributed by atoms with Crippen molar-refractivity contribution >= 4 is 17.0 Å². The molecule has 2 aliphatic rings. The van der Waals surface area contributed by atoms with Crippen LogP contribution in [0.2, 0.25) is 0 Å². The molecule has 0 saturated carbocycles. The summed E-state index contributed by atoms with van der Waals surface area (Å²) in [7, 11) is 0. The lowest BCUT2D eigenvalue weighted by atomic mass is 10.0. The Labute approximate surface area is 183 Å². The van der Waals surface area contributed by atoms with Crippen LogP contribution in [0.3, 0.4) is 0 Å². The first-order valence-corrected chi connectivity index (χ1v) is 10.4. The second kappa shape index (κ2) is 7.98. The minimum atomic E-state index is -4.34. The van der Waals surface area contributed by atoms with Crippen LogP contribution in [0.4, 0.5) is 24.5 Å². The third-order valence-corrected chi connectivity index (χ3v) is 5.80. The number of ether oxygens (including phenoxy) is 1. The van der Waals surface area contributed by atoms with Crippen molar-refractivity contribution in [1.29, 1.82) is 0 Å². The largest absolute Gasteiger partial charge is 0.416 e. The van der Waals surface area contributed by atoms with Gasteiger partial charge < -0.3 is 18.9 Å². The number of allylic oxidation sites excluding steroid dienone is 2. The van der Waals surface area contributed by atoms with Gasteiger partial charge in [0.1, 0.15) is 0 Å². The van der Waals surface area contributed by atoms with Crippen molar-refractivity contribution in [2.75, 3.05) is 42.6 Å². The van der Waals surface area contributed by atoms with Gasteiger partial charge in [-0.2, -0.15) is 13.2 Å². The second-order valence-corrected chi connectivity index (χ2v) is 7.82. The zero-order valence-corrected chi connectivity index (χ0v) is 17.5. The zero-order chi connectivity index (χ0) is 22.3. The van der Waals surface area contributed by atoms with E-state index in [-0.39, 0.29) is 6.54 Å². The average Bonchev–Trinajstić information content (AvgIpc) is 3.28. The monoisotopic (exact) mass is 441 g/mol. The van der Waals surface area contributed by atoms with Crippen LogP contribution in [0.25, 0.3) is 16.8 Å². The number of rotatable bonds is 3. The van der Waals surface area contributed by atoms with E-state index in [1.54, 1.807) is 17.3 Å². The van der Waals surface area contributed by atoms with E-state index in [9.17, 15) is 13.2 Å². The van der Waals surface area contributed by atoms with Crippen LogP contribution < -0.4 is 9.80 Å². The maximum Gasteiger partial charge on any atom is 0.416 e. The lowest BCUT2D eigenvalue weighted by Gasteiger charge is -2.29. The third-order valence-electron chi connectivity index (χ3n) is 5.80. The van der Waals surface area contributed by atoms with E-state index in [1.165, 1.54) is 12.3 Å². The van der Waals surface area contributed by atoms with Gasteiger partial charge in [-0.3, -0.25) is 4.98 Å². The highest BCUT2D eigenvalue weighted by atomic mass is 19.4. The summed E-state index contributed by atoms with van der Waals surface area (Å²) in [5.74, 6) is 0. The SMILES string of the molecule is Cc1ncc(N2C=CC(C(F)(F)F)=CC2)cc1-c1cc(N2CCOCC2)c2nccn2c1. The van der Waals surface area contributed by atoms with Crippen molar-refractivity contribution in [2.45, 2.75) is 13.1 Å². The highest BCUT2D eigenvalue weighted by molar-refractivity contribution is 5.79. The number of alkyl halides is 3. The van der Waals surface area contributed by atoms with Crippen molar-refractivity contribution in [3.63, 3.8) is 0 Å². The fourth-order valence-corrected chi connectivity index (χ4v) is 4.07. The summed E-state index contributed by atoms with van der Waals surface area (Å²) in [6, 6.07) is 4.08. The first-order chi connectivity index (χ1) is 15.4. The molecule has 0 spiro atoms. The lowest BCUT2D eigenvalue weighted by Crippen LogP contribution is -2.36. The molecule has 0 bridgehead atoms. The van der Waals surface area contributed by atoms with Gasteiger partial charge in [-0.1, -0.05) is 6.08 Å². The standard InChI is InChI=1S/C23H22F3N5O/c1-16-20(13-19(14-28-16)29-5-2-18(3-6-29)23(24,25)26)17-12-21(30-8-10-32-11-9-30)22-27-4-7-31(22)15-17/h2-5,7,12-15H,6,8-11H2,1H3. The van der Waals surface area contributed by atoms with Crippen LogP contribution in [0.5, 0.6) is 0 Å². The predicted octanol–water partition coefficient (Wildman–Crippen LogP) is 4.36. The number of morpholine rings is 1. The van der Waals surface area contributed by atoms with Crippen molar-refractivity contribution < 1.29 is 17.9 Å². The molecule has 0 radical (unpaired) electrons. The molecule has 3 aromatic heterocycles. The first kappa shape index (κ1) is 20.6. The number of halogens is 3. The molecule has 0 unspecified atom stereocenters. The number of fused-ring (bicyclic) bond motifs is 1. The maximum atomic E-state index is 12.9. The fraction of sp³-hybridized carbons (Fsp3) is 0.304. The first-order valence-electron chi connectivity index (χ1n) is 10.4. The van der Waals surface area contributed by atoms with E-state index < -0.39 is 11.7 Å². The van der Waals surface area contributed by atoms with Gasteiger partial charge in [-0.15, -0.1) is 0 Å². The van der Waals surface area contributed by atoms with Crippen molar-refractivity contribution in [1.82, 2.24) is 14.4 Å². The van der Waals surface area contributed by atoms with Crippen molar-refractivity contribution in [3.05, 3.63) is 66.5 Å². The molecular weight excluding hydrogens is 419 g/mol. The number of aromatic nitrogens is 3. The van der Waals surface area contributed by atoms with Gasteiger partial charge in [0, 0.05) is 61.2 Å². The Hall–Kier alpha value is -3.33. The summed E-state index contributed by atoms with van der Waals surface area (Å²) in [5.41, 5.74) is 4.74. The minimum absolute atomic E-state index is 0.134. The van der Waals surface area contributed by atoms with Crippen molar-refractivity contribution in [3.8, 4) is 11.1 Å². The molecule has 0 amide bonds. The van der Waals surface area contributed by atoms with Gasteiger partial charge in [-0.25, -0.2) is 4.98 Å². The molecule has 9 heteroatoms. The predicted molar refractivity (Wildman–Crippen MR) is 117 cm³/mol. The molecule has 5 rings (SSSR count). The molecule has 0 N–H and O–H groups in total. The second-order valence-electron chi connectivity index (χ2n) is 7.82. The van der Waals surface area contributed by atoms with Crippen LogP contribution in [-0.4, -0.2) is 53.4 Å². The van der Waals surface area contributed by atoms with Gasteiger partial charge >= 0.3 is 6.18 Å². The number of imidazole rings is 1. The van der Waals surface area contributed by atoms with Gasteiger partial charge in [-0.05, 0) is 25.1 Å². The number of hydrogen-bond donors (Lipinski definition) is 0. The Kier molecular flexibility index (Phi) is 5.13. The number of aryl methyl sites for hydroxylation is 1. The molecule has 3 aromatic rings. The number of nitrogens with zero attached hydrogens (tertiary/aromatic N) is 5. The van der Waals surface area contributed by atoms with E-state index in [0.717, 1.165) is 53.0 Å². The van der Waals surface area contributed by atoms with Gasteiger partial charge in [0.05, 0.1) is 36.4 Å². The molecule has 5 heterocycles. The van der Waals surface area contributed by atoms with Gasteiger partial charge in [0.2, 0.25) is 0 Å². The molecule has 0 atom stereocenters. The van der Waals surface area contributed by atoms with Gasteiger partial charge in [0.25, 0.3) is 0 Å². The Morgan fingerprint density at radius 1 is 1.09 bits per heavy atom. The zero-order valence-electron chi connectivity index (χ0n) is 17.5. The molecule has 2 aliphatic heterocycles. The summed E-state index contributed by atoms with van der Waals surface area (Å²) in [6.07, 6.45) is 6.78. The summed E-state index contributed by atoms with van der Waals surface area (Å²) >= 11 is 0. The lowest BCUT2D eigenvalue weighted by molar-refractivity contribution is -0.0885. The molecule has 1 saturated heterocycles. The Bertz CT molecular complexity index is 1210. The third kappa shape index (κ3) is 3.84. The Morgan fingerprint density at radius 3 is 2.62 bits per heavy atom. The number of hydrogen-bond acceptors (Lipinski definition) is 5. The van der Waals surface area contributed by atoms with Crippen LogP contribution in [0.15, 0.2) is 60.8 Å². The molecule has 1 fully saturated rings. The average molecular weight is 441 g/mol. The number of anilines is 2. The molecule has 166 valence electrons. The normalized spacial score (nSPS) is 17.2. The number of pyridine rings is 2. The van der Waals surface area contributed by atoms with Gasteiger partial charge in [0.15, 0.2) is 5.65 Å². The van der Waals surface area contributed by atoms with Crippen LogP contribution in [0, 0.1) is 6.92 Å². The highest BCUT2D eigenvalue weighted by Crippen LogP contribution is 2.34. The van der Waals surface area contributed by atoms with E-state index in [0.29, 0.717) is 13.2 Å². The topological polar surface area (TPSA) is 45.9 Å².